The van der Waals surface area contributed by atoms with Crippen molar-refractivity contribution >= 4 is 17.9 Å². The molecule has 0 spiro atoms. The number of ether oxygens (including phenoxy) is 2. The summed E-state index contributed by atoms with van der Waals surface area (Å²) in [6.45, 7) is 4.61. The van der Waals surface area contributed by atoms with Gasteiger partial charge in [-0.1, -0.05) is 18.7 Å². The van der Waals surface area contributed by atoms with Crippen LogP contribution in [0.25, 0.3) is 0 Å². The molecule has 0 heterocycles. The summed E-state index contributed by atoms with van der Waals surface area (Å²) in [4.78, 5) is 34.8. The third-order valence-corrected chi connectivity index (χ3v) is 3.08. The van der Waals surface area contributed by atoms with Gasteiger partial charge in [0.25, 0.3) is 0 Å². The number of esters is 2. The number of aliphatic hydroxyl groups excluding tert-OH is 1. The largest absolute Gasteiger partial charge is 0.478 e. The molecule has 24 heavy (non-hydrogen) atoms. The fourth-order valence-electron chi connectivity index (χ4n) is 1.84. The minimum atomic E-state index is -1.24. The lowest BCUT2D eigenvalue weighted by Gasteiger charge is -2.18. The van der Waals surface area contributed by atoms with Gasteiger partial charge in [0.1, 0.15) is 12.7 Å². The van der Waals surface area contributed by atoms with Crippen LogP contribution in [0, 0.1) is 0 Å². The van der Waals surface area contributed by atoms with Crippen LogP contribution in [0.3, 0.4) is 0 Å². The van der Waals surface area contributed by atoms with Gasteiger partial charge in [-0.15, -0.1) is 0 Å². The van der Waals surface area contributed by atoms with E-state index in [1.165, 1.54) is 31.2 Å². The maximum absolute atomic E-state index is 12.1. The van der Waals surface area contributed by atoms with Gasteiger partial charge >= 0.3 is 17.9 Å². The van der Waals surface area contributed by atoms with E-state index in [0.29, 0.717) is 12.8 Å². The second-order valence-corrected chi connectivity index (χ2v) is 5.12. The fourth-order valence-corrected chi connectivity index (χ4v) is 1.84. The second kappa shape index (κ2) is 9.46. The molecule has 0 radical (unpaired) electrons. The molecular weight excluding hydrogens is 316 g/mol. The summed E-state index contributed by atoms with van der Waals surface area (Å²) in [5.41, 5.74) is -0.0583. The molecule has 0 bridgehead atoms. The minimum absolute atomic E-state index is 0.0860. The topological polar surface area (TPSA) is 110 Å². The molecule has 7 nitrogen and oxygen atoms in total. The van der Waals surface area contributed by atoms with Crippen LogP contribution in [0.2, 0.25) is 0 Å². The van der Waals surface area contributed by atoms with E-state index >= 15 is 0 Å². The number of carbonyl (C=O) groups excluding carboxylic acids is 2. The molecule has 1 aromatic rings. The lowest BCUT2D eigenvalue weighted by molar-refractivity contribution is -0.146. The molecule has 1 atom stereocenters. The Morgan fingerprint density at radius 2 is 1.83 bits per heavy atom. The molecular formula is C17H20O7. The number of aromatic carboxylic acids is 1. The first-order valence-corrected chi connectivity index (χ1v) is 7.33. The van der Waals surface area contributed by atoms with Crippen LogP contribution < -0.4 is 0 Å². The summed E-state index contributed by atoms with van der Waals surface area (Å²) < 4.78 is 10.2. The van der Waals surface area contributed by atoms with Crippen LogP contribution in [0.1, 0.15) is 40.5 Å². The molecule has 0 aromatic heterocycles. The quantitative estimate of drug-likeness (QED) is 0.522. The summed E-state index contributed by atoms with van der Waals surface area (Å²) in [5, 5.41) is 18.0. The average Bonchev–Trinajstić information content (AvgIpc) is 2.56. The van der Waals surface area contributed by atoms with Crippen LogP contribution >= 0.6 is 0 Å². The van der Waals surface area contributed by atoms with E-state index in [1.807, 2.05) is 0 Å². The monoisotopic (exact) mass is 336 g/mol. The Morgan fingerprint density at radius 3 is 2.38 bits per heavy atom. The van der Waals surface area contributed by atoms with Gasteiger partial charge in [-0.3, -0.25) is 0 Å². The first kappa shape index (κ1) is 19.4. The van der Waals surface area contributed by atoms with Crippen molar-refractivity contribution in [3.8, 4) is 0 Å². The number of benzene rings is 1. The number of hydrogen-bond donors (Lipinski definition) is 2. The van der Waals surface area contributed by atoms with E-state index in [1.54, 1.807) is 0 Å². The molecule has 0 aliphatic rings. The zero-order valence-electron chi connectivity index (χ0n) is 13.4. The first-order chi connectivity index (χ1) is 11.4. The zero-order valence-corrected chi connectivity index (χ0v) is 13.4. The van der Waals surface area contributed by atoms with Gasteiger partial charge in [0, 0.05) is 12.2 Å². The summed E-state index contributed by atoms with van der Waals surface area (Å²) in [6, 6.07) is 5.66. The zero-order chi connectivity index (χ0) is 18.1. The SMILES string of the molecule is C=C(C)C(=O)OC(CCCO)COC(=O)c1ccccc1C(=O)O. The average molecular weight is 336 g/mol. The molecule has 1 unspecified atom stereocenters. The molecule has 7 heteroatoms. The van der Waals surface area contributed by atoms with Gasteiger partial charge in [0.15, 0.2) is 0 Å². The highest BCUT2D eigenvalue weighted by Gasteiger charge is 2.21. The number of carboxylic acid groups (broad SMARTS) is 1. The van der Waals surface area contributed by atoms with Gasteiger partial charge in [0.05, 0.1) is 11.1 Å². The van der Waals surface area contributed by atoms with Gasteiger partial charge in [0.2, 0.25) is 0 Å². The predicted octanol–water partition coefficient (Wildman–Crippen LogP) is 1.80. The van der Waals surface area contributed by atoms with Crippen molar-refractivity contribution in [2.45, 2.75) is 25.9 Å². The molecule has 0 aliphatic carbocycles. The number of carbonyl (C=O) groups is 3. The molecule has 1 aromatic carbocycles. The van der Waals surface area contributed by atoms with E-state index in [-0.39, 0.29) is 29.9 Å². The van der Waals surface area contributed by atoms with Gasteiger partial charge in [-0.05, 0) is 31.9 Å². The molecule has 130 valence electrons. The smallest absolute Gasteiger partial charge is 0.339 e. The van der Waals surface area contributed by atoms with Crippen molar-refractivity contribution in [1.82, 2.24) is 0 Å². The third kappa shape index (κ3) is 5.85. The summed E-state index contributed by atoms with van der Waals surface area (Å²) in [5.74, 6) is -2.69. The van der Waals surface area contributed by atoms with E-state index in [4.69, 9.17) is 19.7 Å². The second-order valence-electron chi connectivity index (χ2n) is 5.12. The Bertz CT molecular complexity index is 621. The number of aliphatic hydroxyl groups is 1. The standard InChI is InChI=1S/C17H20O7/c1-11(2)16(21)24-12(6-5-9-18)10-23-17(22)14-8-4-3-7-13(14)15(19)20/h3-4,7-8,12,18H,1,5-6,9-10H2,2H3,(H,19,20). The van der Waals surface area contributed by atoms with E-state index in [9.17, 15) is 14.4 Å². The highest BCUT2D eigenvalue weighted by Crippen LogP contribution is 2.12. The van der Waals surface area contributed by atoms with Crippen LogP contribution in [-0.4, -0.2) is 47.4 Å². The molecule has 2 N–H and O–H groups in total. The highest BCUT2D eigenvalue weighted by atomic mass is 16.6. The van der Waals surface area contributed by atoms with Gasteiger partial charge < -0.3 is 19.7 Å². The third-order valence-electron chi connectivity index (χ3n) is 3.08. The molecule has 0 fully saturated rings. The number of carboxylic acids is 1. The first-order valence-electron chi connectivity index (χ1n) is 7.33. The van der Waals surface area contributed by atoms with E-state index in [2.05, 4.69) is 6.58 Å². The lowest BCUT2D eigenvalue weighted by atomic mass is 10.1. The Balaban J connectivity index is 2.75. The highest BCUT2D eigenvalue weighted by molar-refractivity contribution is 6.02. The Morgan fingerprint density at radius 1 is 1.21 bits per heavy atom. The van der Waals surface area contributed by atoms with Crippen molar-refractivity contribution in [2.24, 2.45) is 0 Å². The summed E-state index contributed by atoms with van der Waals surface area (Å²) in [6.07, 6.45) is -0.0943. The molecule has 1 rings (SSSR count). The van der Waals surface area contributed by atoms with Crippen molar-refractivity contribution in [3.05, 3.63) is 47.5 Å². The molecule has 0 saturated carbocycles. The Kier molecular flexibility index (Phi) is 7.64. The molecule has 0 amide bonds. The maximum Gasteiger partial charge on any atom is 0.339 e. The van der Waals surface area contributed by atoms with Crippen LogP contribution in [0.15, 0.2) is 36.4 Å². The van der Waals surface area contributed by atoms with Crippen LogP contribution in [0.4, 0.5) is 0 Å². The predicted molar refractivity (Wildman–Crippen MR) is 84.7 cm³/mol. The minimum Gasteiger partial charge on any atom is -0.478 e. The number of rotatable bonds is 9. The van der Waals surface area contributed by atoms with Crippen molar-refractivity contribution in [3.63, 3.8) is 0 Å². The van der Waals surface area contributed by atoms with E-state index < -0.39 is 24.0 Å². The lowest BCUT2D eigenvalue weighted by Crippen LogP contribution is -2.26. The van der Waals surface area contributed by atoms with Crippen LogP contribution in [0.5, 0.6) is 0 Å². The van der Waals surface area contributed by atoms with Crippen LogP contribution in [-0.2, 0) is 14.3 Å². The van der Waals surface area contributed by atoms with Gasteiger partial charge in [-0.25, -0.2) is 14.4 Å². The van der Waals surface area contributed by atoms with E-state index in [0.717, 1.165) is 0 Å². The summed E-state index contributed by atoms with van der Waals surface area (Å²) in [7, 11) is 0. The van der Waals surface area contributed by atoms with Crippen molar-refractivity contribution < 1.29 is 34.1 Å². The number of hydrogen-bond acceptors (Lipinski definition) is 6. The van der Waals surface area contributed by atoms with Crippen molar-refractivity contribution in [1.29, 1.82) is 0 Å². The molecule has 0 aliphatic heterocycles. The molecule has 0 saturated heterocycles. The Hall–Kier alpha value is -2.67. The fraction of sp³-hybridized carbons (Fsp3) is 0.353. The normalized spacial score (nSPS) is 11.4. The summed E-state index contributed by atoms with van der Waals surface area (Å²) >= 11 is 0. The van der Waals surface area contributed by atoms with Gasteiger partial charge in [-0.2, -0.15) is 0 Å². The van der Waals surface area contributed by atoms with Crippen molar-refractivity contribution in [2.75, 3.05) is 13.2 Å². The maximum atomic E-state index is 12.1. The Labute approximate surface area is 139 Å².